The number of alkyl halides is 3. The van der Waals surface area contributed by atoms with Gasteiger partial charge in [-0.3, -0.25) is 15.2 Å². The topological polar surface area (TPSA) is 80.0 Å². The van der Waals surface area contributed by atoms with E-state index in [1.54, 1.807) is 11.8 Å². The van der Waals surface area contributed by atoms with Crippen molar-refractivity contribution in [3.63, 3.8) is 0 Å². The number of nitrogens with zero attached hydrogens (tertiary/aromatic N) is 2. The number of halogens is 4. The molecule has 0 spiro atoms. The summed E-state index contributed by atoms with van der Waals surface area (Å²) in [5.74, 6) is -0.783. The molecule has 0 aromatic heterocycles. The summed E-state index contributed by atoms with van der Waals surface area (Å²) in [6.07, 6.45) is -1.99. The summed E-state index contributed by atoms with van der Waals surface area (Å²) in [4.78, 5) is 17.2. The summed E-state index contributed by atoms with van der Waals surface area (Å²) in [7, 11) is 0. The van der Waals surface area contributed by atoms with Gasteiger partial charge in [-0.25, -0.2) is 9.18 Å². The van der Waals surface area contributed by atoms with Gasteiger partial charge in [-0.15, -0.1) is 11.8 Å². The Morgan fingerprint density at radius 1 is 1.35 bits per heavy atom. The zero-order valence-corrected chi connectivity index (χ0v) is 17.5. The molecule has 1 saturated heterocycles. The van der Waals surface area contributed by atoms with Crippen molar-refractivity contribution < 1.29 is 27.1 Å². The maximum absolute atomic E-state index is 13.5. The Morgan fingerprint density at radius 3 is 2.84 bits per heavy atom. The van der Waals surface area contributed by atoms with E-state index in [-0.39, 0.29) is 24.6 Å². The Hall–Kier alpha value is -1.85. The zero-order valence-electron chi connectivity index (χ0n) is 16.6. The van der Waals surface area contributed by atoms with Crippen LogP contribution in [0.25, 0.3) is 0 Å². The Bertz CT molecular complexity index is 845. The van der Waals surface area contributed by atoms with E-state index in [1.807, 2.05) is 5.55 Å². The Morgan fingerprint density at radius 2 is 2.16 bits per heavy atom. The van der Waals surface area contributed by atoms with E-state index in [9.17, 15) is 22.4 Å². The van der Waals surface area contributed by atoms with Gasteiger partial charge in [0, 0.05) is 17.2 Å². The van der Waals surface area contributed by atoms with Crippen molar-refractivity contribution in [2.24, 2.45) is 16.6 Å². The standard InChI is InChI=1S/C20H24F4N4O2S/c21-11-4-5-15(14(6-11)20(22,23)24)28(19(25)29)9-18-27-12-2-1-3-16(30-18)13(7-12)17-8-26-10-31-17/h4-6,10,12-13,16-18,27H,1-3,7-9H2,(H2,25,29). The van der Waals surface area contributed by atoms with Crippen molar-refractivity contribution in [2.45, 2.75) is 55.5 Å². The van der Waals surface area contributed by atoms with Crippen LogP contribution in [0.4, 0.5) is 28.0 Å². The van der Waals surface area contributed by atoms with E-state index in [0.29, 0.717) is 11.3 Å². The van der Waals surface area contributed by atoms with Crippen molar-refractivity contribution in [3.8, 4) is 0 Å². The number of rotatable bonds is 4. The minimum atomic E-state index is -4.84. The van der Waals surface area contributed by atoms with Gasteiger partial charge in [0.1, 0.15) is 12.0 Å². The predicted octanol–water partition coefficient (Wildman–Crippen LogP) is 3.75. The third-order valence-electron chi connectivity index (χ3n) is 6.08. The normalized spacial score (nSPS) is 30.8. The van der Waals surface area contributed by atoms with Gasteiger partial charge in [0.25, 0.3) is 0 Å². The number of aliphatic imine (C=N–C) groups is 1. The van der Waals surface area contributed by atoms with Crippen LogP contribution in [0.3, 0.4) is 0 Å². The lowest BCUT2D eigenvalue weighted by Gasteiger charge is -2.33. The van der Waals surface area contributed by atoms with Gasteiger partial charge in [0.15, 0.2) is 0 Å². The summed E-state index contributed by atoms with van der Waals surface area (Å²) in [6, 6.07) is 1.23. The van der Waals surface area contributed by atoms with Crippen molar-refractivity contribution in [2.75, 3.05) is 18.0 Å². The van der Waals surface area contributed by atoms with E-state index in [2.05, 4.69) is 10.3 Å². The number of benzene rings is 1. The monoisotopic (exact) mass is 460 g/mol. The summed E-state index contributed by atoms with van der Waals surface area (Å²) in [5, 5.41) is 3.66. The number of thioether (sulfide) groups is 1. The quantitative estimate of drug-likeness (QED) is 0.671. The number of hydrogen-bond acceptors (Lipinski definition) is 5. The van der Waals surface area contributed by atoms with Gasteiger partial charge >= 0.3 is 12.2 Å². The van der Waals surface area contributed by atoms with Gasteiger partial charge in [-0.2, -0.15) is 13.2 Å². The van der Waals surface area contributed by atoms with Gasteiger partial charge in [0.05, 0.1) is 36.0 Å². The molecule has 1 saturated carbocycles. The second-order valence-corrected chi connectivity index (χ2v) is 9.20. The fraction of sp³-hybridized carbons (Fsp3) is 0.600. The molecule has 6 nitrogen and oxygen atoms in total. The Balaban J connectivity index is 1.58. The third kappa shape index (κ3) is 4.98. The minimum Gasteiger partial charge on any atom is -0.358 e. The first kappa shape index (κ1) is 22.3. The highest BCUT2D eigenvalue weighted by Crippen LogP contribution is 2.39. The first-order chi connectivity index (χ1) is 14.7. The van der Waals surface area contributed by atoms with Gasteiger partial charge < -0.3 is 10.5 Å². The molecule has 5 unspecified atom stereocenters. The highest BCUT2D eigenvalue weighted by Gasteiger charge is 2.42. The molecule has 0 radical (unpaired) electrons. The van der Waals surface area contributed by atoms with E-state index in [4.69, 9.17) is 10.5 Å². The molecule has 3 aliphatic rings. The summed E-state index contributed by atoms with van der Waals surface area (Å²) < 4.78 is 60.3. The SMILES string of the molecule is NC(=O)N(CC1NC2CCCC(O1)C(C1CN=CS1)C2)c1ccc(F)cc1C(F)(F)F. The second kappa shape index (κ2) is 8.95. The third-order valence-corrected chi connectivity index (χ3v) is 7.20. The van der Waals surface area contributed by atoms with Crippen LogP contribution < -0.4 is 16.0 Å². The summed E-state index contributed by atoms with van der Waals surface area (Å²) in [6.45, 7) is 0.516. The van der Waals surface area contributed by atoms with Crippen LogP contribution in [0.5, 0.6) is 0 Å². The number of ether oxygens (including phenoxy) is 1. The number of primary amides is 1. The highest BCUT2D eigenvalue weighted by molar-refractivity contribution is 8.12. The maximum atomic E-state index is 13.5. The van der Waals surface area contributed by atoms with Crippen molar-refractivity contribution in [1.29, 1.82) is 0 Å². The molecule has 3 N–H and O–H groups in total. The van der Waals surface area contributed by atoms with Crippen LogP contribution in [-0.4, -0.2) is 48.3 Å². The maximum Gasteiger partial charge on any atom is 0.418 e. The molecule has 170 valence electrons. The molecule has 2 heterocycles. The minimum absolute atomic E-state index is 0.0887. The number of anilines is 1. The van der Waals surface area contributed by atoms with Crippen LogP contribution in [0, 0.1) is 11.7 Å². The Kier molecular flexibility index (Phi) is 6.45. The van der Waals surface area contributed by atoms with Gasteiger partial charge in [-0.1, -0.05) is 0 Å². The van der Waals surface area contributed by atoms with E-state index < -0.39 is 35.5 Å². The van der Waals surface area contributed by atoms with Crippen LogP contribution in [0.2, 0.25) is 0 Å². The molecule has 2 aliphatic heterocycles. The number of urea groups is 1. The van der Waals surface area contributed by atoms with Crippen LogP contribution in [-0.2, 0) is 10.9 Å². The number of nitrogens with one attached hydrogen (secondary N) is 1. The van der Waals surface area contributed by atoms with Crippen LogP contribution >= 0.6 is 11.8 Å². The zero-order chi connectivity index (χ0) is 22.2. The van der Waals surface area contributed by atoms with Crippen LogP contribution in [0.1, 0.15) is 31.2 Å². The lowest BCUT2D eigenvalue weighted by atomic mass is 9.92. The van der Waals surface area contributed by atoms with E-state index in [0.717, 1.165) is 49.3 Å². The lowest BCUT2D eigenvalue weighted by molar-refractivity contribution is -0.137. The Labute approximate surface area is 181 Å². The first-order valence-electron chi connectivity index (χ1n) is 10.2. The van der Waals surface area contributed by atoms with Gasteiger partial charge in [0.2, 0.25) is 0 Å². The molecule has 1 aromatic rings. The molecular formula is C20H24F4N4O2S. The molecular weight excluding hydrogens is 436 g/mol. The molecule has 2 amide bonds. The molecule has 31 heavy (non-hydrogen) atoms. The number of hydrogen-bond donors (Lipinski definition) is 2. The first-order valence-corrected chi connectivity index (χ1v) is 11.2. The summed E-state index contributed by atoms with van der Waals surface area (Å²) in [5.41, 5.74) is 5.55. The predicted molar refractivity (Wildman–Crippen MR) is 111 cm³/mol. The number of carbonyl (C=O) groups is 1. The molecule has 2 fully saturated rings. The molecule has 11 heteroatoms. The second-order valence-electron chi connectivity index (χ2n) is 8.11. The van der Waals surface area contributed by atoms with Gasteiger partial charge in [-0.05, 0) is 43.9 Å². The lowest BCUT2D eigenvalue weighted by Crippen LogP contribution is -2.50. The molecule has 4 rings (SSSR count). The fourth-order valence-electron chi connectivity index (χ4n) is 4.69. The summed E-state index contributed by atoms with van der Waals surface area (Å²) >= 11 is 1.69. The largest absolute Gasteiger partial charge is 0.418 e. The molecule has 2 bridgehead atoms. The van der Waals surface area contributed by atoms with Crippen LogP contribution in [0.15, 0.2) is 23.2 Å². The van der Waals surface area contributed by atoms with Crippen molar-refractivity contribution in [3.05, 3.63) is 29.6 Å². The number of amides is 2. The molecule has 1 aliphatic carbocycles. The number of nitrogens with two attached hydrogens (primary N) is 1. The molecule has 1 aromatic carbocycles. The average Bonchev–Trinajstić information content (AvgIpc) is 3.07. The smallest absolute Gasteiger partial charge is 0.358 e. The highest BCUT2D eigenvalue weighted by atomic mass is 32.2. The van der Waals surface area contributed by atoms with Crippen molar-refractivity contribution in [1.82, 2.24) is 5.32 Å². The number of fused-ring (bicyclic) bond motifs is 3. The van der Waals surface area contributed by atoms with Crippen molar-refractivity contribution >= 4 is 29.0 Å². The number of carbonyl (C=O) groups excluding carboxylic acids is 1. The fourth-order valence-corrected chi connectivity index (χ4v) is 5.68. The average molecular weight is 460 g/mol. The van der Waals surface area contributed by atoms with E-state index >= 15 is 0 Å². The van der Waals surface area contributed by atoms with E-state index in [1.165, 1.54) is 0 Å². The molecule has 5 atom stereocenters.